The van der Waals surface area contributed by atoms with E-state index in [4.69, 9.17) is 9.72 Å². The summed E-state index contributed by atoms with van der Waals surface area (Å²) in [6.45, 7) is 0. The molecule has 1 atom stereocenters. The molecule has 10 heteroatoms. The molecule has 1 fully saturated rings. The van der Waals surface area contributed by atoms with E-state index in [0.29, 0.717) is 18.1 Å². The maximum atomic E-state index is 12.5. The number of imide groups is 1. The molecule has 3 heterocycles. The fourth-order valence-electron chi connectivity index (χ4n) is 3.59. The van der Waals surface area contributed by atoms with Crippen molar-refractivity contribution in [3.05, 3.63) is 53.9 Å². The van der Waals surface area contributed by atoms with E-state index in [1.807, 2.05) is 37.5 Å². The SMILES string of the molecule is COc1ccccc1Cc1nc(CC2C(=O)N(C)C(=O)N2C)n(-c2cnn(C)c2)n1. The van der Waals surface area contributed by atoms with Crippen LogP contribution in [0.5, 0.6) is 5.75 Å². The van der Waals surface area contributed by atoms with E-state index < -0.39 is 6.04 Å². The molecular formula is C20H23N7O3. The average Bonchev–Trinajstić information content (AvgIpc) is 3.39. The van der Waals surface area contributed by atoms with E-state index in [-0.39, 0.29) is 18.4 Å². The maximum Gasteiger partial charge on any atom is 0.326 e. The summed E-state index contributed by atoms with van der Waals surface area (Å²) in [5.74, 6) is 1.68. The Morgan fingerprint density at radius 2 is 1.90 bits per heavy atom. The zero-order valence-corrected chi connectivity index (χ0v) is 17.3. The van der Waals surface area contributed by atoms with Crippen molar-refractivity contribution in [3.8, 4) is 11.4 Å². The number of carbonyl (C=O) groups is 2. The number of hydrogen-bond donors (Lipinski definition) is 0. The Morgan fingerprint density at radius 1 is 1.13 bits per heavy atom. The minimum absolute atomic E-state index is 0.249. The fraction of sp³-hybridized carbons (Fsp3) is 0.350. The highest BCUT2D eigenvalue weighted by molar-refractivity contribution is 6.03. The van der Waals surface area contributed by atoms with E-state index in [0.717, 1.165) is 21.9 Å². The summed E-state index contributed by atoms with van der Waals surface area (Å²) in [5.41, 5.74) is 1.69. The number of nitrogens with zero attached hydrogens (tertiary/aromatic N) is 7. The van der Waals surface area contributed by atoms with Gasteiger partial charge in [-0.3, -0.25) is 14.4 Å². The van der Waals surface area contributed by atoms with Crippen molar-refractivity contribution in [1.82, 2.24) is 34.3 Å². The lowest BCUT2D eigenvalue weighted by molar-refractivity contribution is -0.127. The van der Waals surface area contributed by atoms with Gasteiger partial charge >= 0.3 is 6.03 Å². The molecule has 0 saturated carbocycles. The van der Waals surface area contributed by atoms with Gasteiger partial charge in [0.1, 0.15) is 23.3 Å². The molecule has 0 bridgehead atoms. The van der Waals surface area contributed by atoms with Gasteiger partial charge in [-0.25, -0.2) is 14.5 Å². The van der Waals surface area contributed by atoms with Gasteiger partial charge in [0.2, 0.25) is 0 Å². The summed E-state index contributed by atoms with van der Waals surface area (Å²) < 4.78 is 8.79. The Hall–Kier alpha value is -3.69. The third-order valence-electron chi connectivity index (χ3n) is 5.24. The zero-order valence-electron chi connectivity index (χ0n) is 17.3. The third-order valence-corrected chi connectivity index (χ3v) is 5.24. The second-order valence-corrected chi connectivity index (χ2v) is 7.23. The lowest BCUT2D eigenvalue weighted by atomic mass is 10.1. The first-order valence-electron chi connectivity index (χ1n) is 9.49. The molecule has 4 rings (SSSR count). The molecule has 0 N–H and O–H groups in total. The van der Waals surface area contributed by atoms with Crippen LogP contribution < -0.4 is 4.74 Å². The molecule has 156 valence electrons. The number of aromatic nitrogens is 5. The van der Waals surface area contributed by atoms with Gasteiger partial charge in [-0.15, -0.1) is 0 Å². The molecule has 1 unspecified atom stereocenters. The van der Waals surface area contributed by atoms with Crippen LogP contribution in [-0.4, -0.2) is 73.5 Å². The number of rotatable bonds is 6. The Morgan fingerprint density at radius 3 is 2.53 bits per heavy atom. The zero-order chi connectivity index (χ0) is 21.4. The van der Waals surface area contributed by atoms with Gasteiger partial charge in [-0.2, -0.15) is 10.2 Å². The van der Waals surface area contributed by atoms with E-state index in [9.17, 15) is 9.59 Å². The number of para-hydroxylation sites is 1. The molecule has 1 saturated heterocycles. The van der Waals surface area contributed by atoms with E-state index in [1.165, 1.54) is 11.9 Å². The summed E-state index contributed by atoms with van der Waals surface area (Å²) >= 11 is 0. The molecule has 3 aromatic rings. The van der Waals surface area contributed by atoms with Crippen LogP contribution in [0.15, 0.2) is 36.7 Å². The Balaban J connectivity index is 1.70. The van der Waals surface area contributed by atoms with Crippen LogP contribution in [0, 0.1) is 0 Å². The highest BCUT2D eigenvalue weighted by Crippen LogP contribution is 2.22. The van der Waals surface area contributed by atoms with Crippen molar-refractivity contribution in [2.45, 2.75) is 18.9 Å². The van der Waals surface area contributed by atoms with Crippen molar-refractivity contribution in [1.29, 1.82) is 0 Å². The van der Waals surface area contributed by atoms with Crippen molar-refractivity contribution >= 4 is 11.9 Å². The number of urea groups is 1. The average molecular weight is 409 g/mol. The Kier molecular flexibility index (Phi) is 4.98. The van der Waals surface area contributed by atoms with Gasteiger partial charge < -0.3 is 9.64 Å². The number of benzene rings is 1. The van der Waals surface area contributed by atoms with Gasteiger partial charge in [-0.05, 0) is 6.07 Å². The first kappa shape index (κ1) is 19.6. The molecule has 3 amide bonds. The molecule has 1 aliphatic heterocycles. The topological polar surface area (TPSA) is 98.4 Å². The van der Waals surface area contributed by atoms with Crippen LogP contribution in [0.25, 0.3) is 5.69 Å². The highest BCUT2D eigenvalue weighted by Gasteiger charge is 2.41. The van der Waals surface area contributed by atoms with Crippen LogP contribution in [-0.2, 0) is 24.7 Å². The predicted octanol–water partition coefficient (Wildman–Crippen LogP) is 1.04. The second-order valence-electron chi connectivity index (χ2n) is 7.23. The predicted molar refractivity (Wildman–Crippen MR) is 107 cm³/mol. The van der Waals surface area contributed by atoms with Crippen molar-refractivity contribution < 1.29 is 14.3 Å². The Labute approximate surface area is 173 Å². The first-order chi connectivity index (χ1) is 14.4. The minimum Gasteiger partial charge on any atom is -0.496 e. The molecule has 30 heavy (non-hydrogen) atoms. The maximum absolute atomic E-state index is 12.5. The number of hydrogen-bond acceptors (Lipinski definition) is 6. The van der Waals surface area contributed by atoms with Crippen LogP contribution in [0.2, 0.25) is 0 Å². The number of methoxy groups -OCH3 is 1. The molecule has 2 aromatic heterocycles. The molecular weight excluding hydrogens is 386 g/mol. The number of aryl methyl sites for hydroxylation is 1. The van der Waals surface area contributed by atoms with Gasteiger partial charge in [0.25, 0.3) is 5.91 Å². The molecule has 1 aliphatic rings. The quantitative estimate of drug-likeness (QED) is 0.564. The summed E-state index contributed by atoms with van der Waals surface area (Å²) in [6.07, 6.45) is 4.22. The second kappa shape index (κ2) is 7.62. The normalized spacial score (nSPS) is 16.6. The highest BCUT2D eigenvalue weighted by atomic mass is 16.5. The summed E-state index contributed by atoms with van der Waals surface area (Å²) in [5, 5.41) is 8.87. The molecule has 0 spiro atoms. The van der Waals surface area contributed by atoms with Crippen LogP contribution in [0.3, 0.4) is 0 Å². The number of carbonyl (C=O) groups excluding carboxylic acids is 2. The fourth-order valence-corrected chi connectivity index (χ4v) is 3.59. The van der Waals surface area contributed by atoms with Crippen molar-refractivity contribution in [2.75, 3.05) is 21.2 Å². The smallest absolute Gasteiger partial charge is 0.326 e. The molecule has 1 aromatic carbocycles. The van der Waals surface area contributed by atoms with E-state index >= 15 is 0 Å². The molecule has 0 radical (unpaired) electrons. The molecule has 10 nitrogen and oxygen atoms in total. The van der Waals surface area contributed by atoms with Crippen molar-refractivity contribution in [3.63, 3.8) is 0 Å². The summed E-state index contributed by atoms with van der Waals surface area (Å²) in [4.78, 5) is 32.0. The van der Waals surface area contributed by atoms with Gasteiger partial charge in [0.05, 0.1) is 19.5 Å². The van der Waals surface area contributed by atoms with Crippen LogP contribution in [0.1, 0.15) is 17.2 Å². The number of likely N-dealkylation sites (N-methyl/N-ethyl adjacent to an activating group) is 2. The third kappa shape index (κ3) is 3.40. The lowest BCUT2D eigenvalue weighted by Crippen LogP contribution is -2.34. The molecule has 0 aliphatic carbocycles. The summed E-state index contributed by atoms with van der Waals surface area (Å²) in [7, 11) is 6.55. The van der Waals surface area contributed by atoms with Crippen LogP contribution >= 0.6 is 0 Å². The van der Waals surface area contributed by atoms with E-state index in [1.54, 1.807) is 29.7 Å². The summed E-state index contributed by atoms with van der Waals surface area (Å²) in [6, 6.07) is 6.75. The number of amides is 3. The number of ether oxygens (including phenoxy) is 1. The van der Waals surface area contributed by atoms with Gasteiger partial charge in [-0.1, -0.05) is 18.2 Å². The van der Waals surface area contributed by atoms with Gasteiger partial charge in [0.15, 0.2) is 5.82 Å². The minimum atomic E-state index is -0.624. The first-order valence-corrected chi connectivity index (χ1v) is 9.49. The standard InChI is InChI=1S/C20H23N7O3/c1-24-12-14(11-21-24)27-18(10-15-19(28)26(3)20(29)25(15)2)22-17(23-27)9-13-7-5-6-8-16(13)30-4/h5-8,11-12,15H,9-10H2,1-4H3. The Bertz CT molecular complexity index is 1100. The lowest BCUT2D eigenvalue weighted by Gasteiger charge is -2.15. The van der Waals surface area contributed by atoms with Crippen LogP contribution in [0.4, 0.5) is 4.79 Å². The monoisotopic (exact) mass is 409 g/mol. The van der Waals surface area contributed by atoms with Crippen molar-refractivity contribution in [2.24, 2.45) is 7.05 Å². The van der Waals surface area contributed by atoms with Gasteiger partial charge in [0, 0.05) is 39.5 Å². The largest absolute Gasteiger partial charge is 0.496 e. The van der Waals surface area contributed by atoms with E-state index in [2.05, 4.69) is 10.2 Å².